The van der Waals surface area contributed by atoms with Crippen LogP contribution in [-0.2, 0) is 9.59 Å². The molecule has 3 aliphatic heterocycles. The number of aliphatic hydroxyl groups is 1. The number of hydrogen-bond donors (Lipinski definition) is 1. The molecule has 3 unspecified atom stereocenters. The Hall–Kier alpha value is -0.440. The van der Waals surface area contributed by atoms with Crippen LogP contribution < -0.4 is 5.11 Å². The third kappa shape index (κ3) is 3.43. The number of β-lactam (4-membered cyclic amide) rings is 1. The molecule has 0 aromatic rings. The Morgan fingerprint density at radius 2 is 2.17 bits per heavy atom. The Kier molecular flexibility index (Phi) is 5.68. The van der Waals surface area contributed by atoms with Gasteiger partial charge in [-0.25, -0.2) is 0 Å². The fourth-order valence-electron chi connectivity index (χ4n) is 4.08. The van der Waals surface area contributed by atoms with E-state index < -0.39 is 12.0 Å². The summed E-state index contributed by atoms with van der Waals surface area (Å²) in [5.74, 6) is -0.623. The number of fused-ring (bicyclic) bond motifs is 1. The van der Waals surface area contributed by atoms with Gasteiger partial charge in [0.1, 0.15) is 0 Å². The Balaban J connectivity index is 1.51. The monoisotopic (exact) mass is 374 g/mol. The molecule has 0 radical (unpaired) electrons. The average Bonchev–Trinajstić information content (AvgIpc) is 3.12. The fraction of sp³-hybridized carbons (Fsp3) is 0.875. The normalized spacial score (nSPS) is 34.2. The highest BCUT2D eigenvalue weighted by atomic mass is 32.2. The van der Waals surface area contributed by atoms with Crippen LogP contribution in [0.15, 0.2) is 0 Å². The predicted octanol–water partition coefficient (Wildman–Crippen LogP) is -0.292. The van der Waals surface area contributed by atoms with Crippen LogP contribution >= 0.6 is 23.5 Å². The summed E-state index contributed by atoms with van der Waals surface area (Å²) in [6.45, 7) is 3.60. The summed E-state index contributed by atoms with van der Waals surface area (Å²) in [5, 5.41) is 20.5. The van der Waals surface area contributed by atoms with Gasteiger partial charge in [0.25, 0.3) is 0 Å². The van der Waals surface area contributed by atoms with Crippen molar-refractivity contribution in [1.29, 1.82) is 0 Å². The smallest absolute Gasteiger partial charge is 0.230 e. The number of rotatable bonds is 8. The van der Waals surface area contributed by atoms with Gasteiger partial charge in [-0.15, -0.1) is 23.5 Å². The maximum Gasteiger partial charge on any atom is 0.230 e. The number of amides is 1. The number of aliphatic carboxylic acids is 1. The number of carboxylic acids is 1. The van der Waals surface area contributed by atoms with Crippen molar-refractivity contribution in [2.24, 2.45) is 5.92 Å². The van der Waals surface area contributed by atoms with Gasteiger partial charge in [-0.05, 0) is 12.2 Å². The molecule has 4 atom stereocenters. The molecule has 0 bridgehead atoms. The summed E-state index contributed by atoms with van der Waals surface area (Å²) in [4.78, 5) is 25.1. The van der Waals surface area contributed by atoms with Gasteiger partial charge >= 0.3 is 0 Å². The maximum absolute atomic E-state index is 12.1. The number of likely N-dealkylation sites (tertiary alicyclic amines) is 1. The molecule has 0 aliphatic carbocycles. The molecule has 3 rings (SSSR count). The molecule has 0 aromatic carbocycles. The minimum atomic E-state index is -1.16. The maximum atomic E-state index is 12.1. The SMILES string of the molecule is C[N+]1(CCCSC2SC3[C@@H](CCO)C(=O)N3C2C(=O)[O-])CCCC1. The summed E-state index contributed by atoms with van der Waals surface area (Å²) < 4.78 is 0.977. The molecule has 0 aromatic heterocycles. The van der Waals surface area contributed by atoms with E-state index in [0.29, 0.717) is 6.42 Å². The van der Waals surface area contributed by atoms with Crippen LogP contribution in [0.4, 0.5) is 0 Å². The van der Waals surface area contributed by atoms with Crippen LogP contribution in [0, 0.1) is 5.92 Å². The van der Waals surface area contributed by atoms with Crippen LogP contribution in [0.5, 0.6) is 0 Å². The van der Waals surface area contributed by atoms with Crippen molar-refractivity contribution in [3.05, 3.63) is 0 Å². The highest BCUT2D eigenvalue weighted by Gasteiger charge is 2.58. The van der Waals surface area contributed by atoms with Gasteiger partial charge in [-0.1, -0.05) is 0 Å². The summed E-state index contributed by atoms with van der Waals surface area (Å²) in [6.07, 6.45) is 4.09. The standard InChI is InChI=1S/C16H26N2O4S2/c1-18(6-2-3-7-18)8-4-10-23-16-12(15(21)22)17-13(20)11(5-9-19)14(17)24-16/h11-12,14,16,19H,2-10H2,1H3/t11-,12?,14?,16?/m0/s1. The van der Waals surface area contributed by atoms with Gasteiger partial charge in [0, 0.05) is 25.9 Å². The molecule has 0 spiro atoms. The van der Waals surface area contributed by atoms with Crippen molar-refractivity contribution in [1.82, 2.24) is 4.90 Å². The largest absolute Gasteiger partial charge is 0.548 e. The van der Waals surface area contributed by atoms with E-state index in [1.165, 1.54) is 30.8 Å². The predicted molar refractivity (Wildman–Crippen MR) is 93.1 cm³/mol. The molecule has 3 heterocycles. The zero-order valence-corrected chi connectivity index (χ0v) is 15.7. The Bertz CT molecular complexity index is 498. The second-order valence-electron chi connectivity index (χ2n) is 7.24. The molecule has 0 saturated carbocycles. The topological polar surface area (TPSA) is 80.7 Å². The molecular formula is C16H26N2O4S2. The van der Waals surface area contributed by atoms with Gasteiger partial charge in [-0.2, -0.15) is 0 Å². The summed E-state index contributed by atoms with van der Waals surface area (Å²) in [6, 6.07) is -0.830. The number of nitrogens with zero attached hydrogens (tertiary/aromatic N) is 2. The van der Waals surface area contributed by atoms with Crippen LogP contribution in [0.1, 0.15) is 25.7 Å². The van der Waals surface area contributed by atoms with Crippen molar-refractivity contribution >= 4 is 35.4 Å². The molecule has 24 heavy (non-hydrogen) atoms. The van der Waals surface area contributed by atoms with Crippen LogP contribution in [0.25, 0.3) is 0 Å². The number of hydrogen-bond acceptors (Lipinski definition) is 6. The molecule has 1 amide bonds. The van der Waals surface area contributed by atoms with E-state index in [2.05, 4.69) is 7.05 Å². The highest BCUT2D eigenvalue weighted by molar-refractivity contribution is 8.17. The summed E-state index contributed by atoms with van der Waals surface area (Å²) in [5.41, 5.74) is 0. The fourth-order valence-corrected chi connectivity index (χ4v) is 7.45. The third-order valence-corrected chi connectivity index (χ3v) is 8.69. The number of carbonyl (C=O) groups excluding carboxylic acids is 2. The second kappa shape index (κ2) is 7.43. The number of quaternary nitrogens is 1. The van der Waals surface area contributed by atoms with E-state index in [0.717, 1.165) is 23.2 Å². The molecule has 3 fully saturated rings. The Labute approximate surface area is 151 Å². The number of aliphatic hydroxyl groups excluding tert-OH is 1. The molecule has 136 valence electrons. The molecule has 6 nitrogen and oxygen atoms in total. The van der Waals surface area contributed by atoms with Crippen molar-refractivity contribution in [2.75, 3.05) is 39.0 Å². The molecule has 3 saturated heterocycles. The first kappa shape index (κ1) is 18.4. The first-order valence-electron chi connectivity index (χ1n) is 8.71. The lowest BCUT2D eigenvalue weighted by Gasteiger charge is -2.44. The van der Waals surface area contributed by atoms with Gasteiger partial charge in [0.05, 0.1) is 54.6 Å². The molecule has 3 aliphatic rings. The molecular weight excluding hydrogens is 348 g/mol. The van der Waals surface area contributed by atoms with Crippen molar-refractivity contribution in [3.8, 4) is 0 Å². The van der Waals surface area contributed by atoms with Crippen LogP contribution in [0.2, 0.25) is 0 Å². The van der Waals surface area contributed by atoms with Crippen LogP contribution in [0.3, 0.4) is 0 Å². The molecule has 8 heteroatoms. The van der Waals surface area contributed by atoms with E-state index >= 15 is 0 Å². The minimum absolute atomic E-state index is 0.0361. The number of carboxylic acid groups (broad SMARTS) is 1. The van der Waals surface area contributed by atoms with Gasteiger partial charge in [-0.3, -0.25) is 4.79 Å². The van der Waals surface area contributed by atoms with Gasteiger partial charge in [0.15, 0.2) is 0 Å². The van der Waals surface area contributed by atoms with Crippen molar-refractivity contribution in [2.45, 2.75) is 41.7 Å². The lowest BCUT2D eigenvalue weighted by atomic mass is 9.93. The zero-order chi connectivity index (χ0) is 17.3. The number of carbonyl (C=O) groups is 2. The lowest BCUT2D eigenvalue weighted by Crippen LogP contribution is -2.63. The van der Waals surface area contributed by atoms with E-state index in [1.54, 1.807) is 23.5 Å². The third-order valence-electron chi connectivity index (χ3n) is 5.47. The lowest BCUT2D eigenvalue weighted by molar-refractivity contribution is -0.897. The molecule has 1 N–H and O–H groups in total. The minimum Gasteiger partial charge on any atom is -0.548 e. The van der Waals surface area contributed by atoms with Crippen LogP contribution in [-0.4, -0.2) is 81.4 Å². The Morgan fingerprint density at radius 3 is 2.79 bits per heavy atom. The average molecular weight is 375 g/mol. The summed E-state index contributed by atoms with van der Waals surface area (Å²) >= 11 is 3.21. The quantitative estimate of drug-likeness (QED) is 0.357. The van der Waals surface area contributed by atoms with E-state index in [4.69, 9.17) is 5.11 Å². The zero-order valence-electron chi connectivity index (χ0n) is 14.1. The highest BCUT2D eigenvalue weighted by Crippen LogP contribution is 2.51. The summed E-state index contributed by atoms with van der Waals surface area (Å²) in [7, 11) is 2.30. The van der Waals surface area contributed by atoms with Crippen molar-refractivity contribution in [3.63, 3.8) is 0 Å². The van der Waals surface area contributed by atoms with Gasteiger partial charge < -0.3 is 24.4 Å². The first-order chi connectivity index (χ1) is 11.5. The van der Waals surface area contributed by atoms with Gasteiger partial charge in [0.2, 0.25) is 5.91 Å². The van der Waals surface area contributed by atoms with E-state index in [-0.39, 0.29) is 28.4 Å². The second-order valence-corrected chi connectivity index (χ2v) is 10.1. The number of thioether (sulfide) groups is 2. The van der Waals surface area contributed by atoms with Crippen molar-refractivity contribution < 1.29 is 24.3 Å². The van der Waals surface area contributed by atoms with E-state index in [1.807, 2.05) is 0 Å². The van der Waals surface area contributed by atoms with E-state index in [9.17, 15) is 14.7 Å². The Morgan fingerprint density at radius 1 is 1.46 bits per heavy atom. The first-order valence-corrected chi connectivity index (χ1v) is 10.7.